The van der Waals surface area contributed by atoms with Gasteiger partial charge < -0.3 is 14.8 Å². The lowest BCUT2D eigenvalue weighted by Gasteiger charge is -2.18. The molecule has 0 aromatic heterocycles. The van der Waals surface area contributed by atoms with E-state index in [9.17, 15) is 9.18 Å². The third kappa shape index (κ3) is 3.19. The van der Waals surface area contributed by atoms with Crippen molar-refractivity contribution in [3.05, 3.63) is 53.3 Å². The molecule has 4 nitrogen and oxygen atoms in total. The summed E-state index contributed by atoms with van der Waals surface area (Å²) in [5.41, 5.74) is 1.81. The number of fused-ring (bicyclic) bond motifs is 1. The highest BCUT2D eigenvalue weighted by Crippen LogP contribution is 2.30. The molecule has 0 saturated carbocycles. The Hall–Kier alpha value is -2.56. The molecular formula is C17H16FNO3. The van der Waals surface area contributed by atoms with Crippen LogP contribution in [0.15, 0.2) is 36.4 Å². The number of hydrogen-bond acceptors (Lipinski definition) is 3. The quantitative estimate of drug-likeness (QED) is 0.947. The minimum atomic E-state index is -0.336. The van der Waals surface area contributed by atoms with Gasteiger partial charge in [0.2, 0.25) is 5.91 Å². The van der Waals surface area contributed by atoms with Crippen molar-refractivity contribution in [3.8, 4) is 11.5 Å². The van der Waals surface area contributed by atoms with Gasteiger partial charge in [0.25, 0.3) is 0 Å². The van der Waals surface area contributed by atoms with Crippen LogP contribution in [0.25, 0.3) is 0 Å². The molecule has 1 heterocycles. The Bertz CT molecular complexity index is 715. The number of nitrogens with one attached hydrogen (secondary N) is 1. The number of carbonyl (C=O) groups excluding carboxylic acids is 1. The predicted octanol–water partition coefficient (Wildman–Crippen LogP) is 3.09. The first-order valence-corrected chi connectivity index (χ1v) is 7.06. The minimum absolute atomic E-state index is 0.187. The SMILES string of the molecule is Cc1ccc(NC(=O)Cc2ccc3c(c2)OCCO3)cc1F. The van der Waals surface area contributed by atoms with Gasteiger partial charge in [0, 0.05) is 5.69 Å². The first-order valence-electron chi connectivity index (χ1n) is 7.06. The topological polar surface area (TPSA) is 47.6 Å². The minimum Gasteiger partial charge on any atom is -0.486 e. The molecule has 2 aromatic rings. The highest BCUT2D eigenvalue weighted by atomic mass is 19.1. The highest BCUT2D eigenvalue weighted by molar-refractivity contribution is 5.92. The number of carbonyl (C=O) groups is 1. The molecule has 0 unspecified atom stereocenters. The summed E-state index contributed by atoms with van der Waals surface area (Å²) in [4.78, 5) is 12.0. The van der Waals surface area contributed by atoms with Crippen molar-refractivity contribution < 1.29 is 18.7 Å². The predicted molar refractivity (Wildman–Crippen MR) is 80.9 cm³/mol. The number of ether oxygens (including phenoxy) is 2. The number of aryl methyl sites for hydroxylation is 1. The van der Waals surface area contributed by atoms with E-state index in [1.807, 2.05) is 6.07 Å². The van der Waals surface area contributed by atoms with Crippen LogP contribution in [-0.2, 0) is 11.2 Å². The first kappa shape index (κ1) is 14.4. The number of halogens is 1. The second-order valence-corrected chi connectivity index (χ2v) is 5.17. The Morgan fingerprint density at radius 3 is 2.68 bits per heavy atom. The Labute approximate surface area is 127 Å². The lowest BCUT2D eigenvalue weighted by molar-refractivity contribution is -0.115. The van der Waals surface area contributed by atoms with Gasteiger partial charge in [-0.3, -0.25) is 4.79 Å². The molecule has 0 radical (unpaired) electrons. The van der Waals surface area contributed by atoms with E-state index in [2.05, 4.69) is 5.32 Å². The second kappa shape index (κ2) is 6.05. The Kier molecular flexibility index (Phi) is 3.96. The van der Waals surface area contributed by atoms with Gasteiger partial charge >= 0.3 is 0 Å². The molecule has 5 heteroatoms. The zero-order valence-electron chi connectivity index (χ0n) is 12.2. The molecule has 0 spiro atoms. The Morgan fingerprint density at radius 1 is 1.14 bits per heavy atom. The van der Waals surface area contributed by atoms with Crippen molar-refractivity contribution in [1.29, 1.82) is 0 Å². The van der Waals surface area contributed by atoms with Gasteiger partial charge in [0.05, 0.1) is 6.42 Å². The third-order valence-electron chi connectivity index (χ3n) is 3.43. The van der Waals surface area contributed by atoms with Crippen molar-refractivity contribution in [2.45, 2.75) is 13.3 Å². The Balaban J connectivity index is 1.67. The molecule has 1 aliphatic heterocycles. The molecule has 22 heavy (non-hydrogen) atoms. The van der Waals surface area contributed by atoms with E-state index in [-0.39, 0.29) is 18.1 Å². The van der Waals surface area contributed by atoms with Crippen molar-refractivity contribution in [2.75, 3.05) is 18.5 Å². The second-order valence-electron chi connectivity index (χ2n) is 5.17. The number of anilines is 1. The summed E-state index contributed by atoms with van der Waals surface area (Å²) in [7, 11) is 0. The summed E-state index contributed by atoms with van der Waals surface area (Å²) >= 11 is 0. The monoisotopic (exact) mass is 301 g/mol. The van der Waals surface area contributed by atoms with E-state index in [0.29, 0.717) is 36.0 Å². The third-order valence-corrected chi connectivity index (χ3v) is 3.43. The molecule has 1 aliphatic rings. The van der Waals surface area contributed by atoms with Crippen LogP contribution in [0.4, 0.5) is 10.1 Å². The molecule has 0 atom stereocenters. The maximum absolute atomic E-state index is 13.5. The summed E-state index contributed by atoms with van der Waals surface area (Å²) in [5.74, 6) is 0.797. The van der Waals surface area contributed by atoms with Crippen molar-refractivity contribution >= 4 is 11.6 Å². The molecule has 0 aliphatic carbocycles. The summed E-state index contributed by atoms with van der Waals surface area (Å²) in [6.07, 6.45) is 0.187. The van der Waals surface area contributed by atoms with E-state index in [1.165, 1.54) is 6.07 Å². The lowest BCUT2D eigenvalue weighted by atomic mass is 10.1. The summed E-state index contributed by atoms with van der Waals surface area (Å²) in [5, 5.41) is 2.69. The molecule has 3 rings (SSSR count). The van der Waals surface area contributed by atoms with Gasteiger partial charge in [-0.2, -0.15) is 0 Å². The number of rotatable bonds is 3. The van der Waals surface area contributed by atoms with E-state index < -0.39 is 0 Å². The van der Waals surface area contributed by atoms with E-state index in [1.54, 1.807) is 31.2 Å². The molecule has 0 bridgehead atoms. The normalized spacial score (nSPS) is 12.8. The number of amides is 1. The Morgan fingerprint density at radius 2 is 1.91 bits per heavy atom. The van der Waals surface area contributed by atoms with Crippen LogP contribution < -0.4 is 14.8 Å². The smallest absolute Gasteiger partial charge is 0.228 e. The van der Waals surface area contributed by atoms with E-state index >= 15 is 0 Å². The van der Waals surface area contributed by atoms with Gasteiger partial charge in [-0.05, 0) is 42.3 Å². The van der Waals surface area contributed by atoms with Crippen LogP contribution in [-0.4, -0.2) is 19.1 Å². The summed E-state index contributed by atoms with van der Waals surface area (Å²) < 4.78 is 24.4. The van der Waals surface area contributed by atoms with Crippen LogP contribution >= 0.6 is 0 Å². The zero-order chi connectivity index (χ0) is 15.5. The number of benzene rings is 2. The largest absolute Gasteiger partial charge is 0.486 e. The van der Waals surface area contributed by atoms with Crippen LogP contribution in [0, 0.1) is 12.7 Å². The standard InChI is InChI=1S/C17H16FNO3/c1-11-2-4-13(10-14(11)18)19-17(20)9-12-3-5-15-16(8-12)22-7-6-21-15/h2-5,8,10H,6-7,9H2,1H3,(H,19,20). The first-order chi connectivity index (χ1) is 10.6. The van der Waals surface area contributed by atoms with Crippen LogP contribution in [0.1, 0.15) is 11.1 Å². The van der Waals surface area contributed by atoms with Gasteiger partial charge in [-0.1, -0.05) is 12.1 Å². The molecule has 1 amide bonds. The van der Waals surface area contributed by atoms with Crippen LogP contribution in [0.3, 0.4) is 0 Å². The van der Waals surface area contributed by atoms with Gasteiger partial charge in [-0.15, -0.1) is 0 Å². The lowest BCUT2D eigenvalue weighted by Crippen LogP contribution is -2.17. The van der Waals surface area contributed by atoms with Crippen molar-refractivity contribution in [3.63, 3.8) is 0 Å². The fourth-order valence-corrected chi connectivity index (χ4v) is 2.26. The van der Waals surface area contributed by atoms with Gasteiger partial charge in [0.15, 0.2) is 11.5 Å². The van der Waals surface area contributed by atoms with E-state index in [0.717, 1.165) is 5.56 Å². The average Bonchev–Trinajstić information content (AvgIpc) is 2.51. The van der Waals surface area contributed by atoms with E-state index in [4.69, 9.17) is 9.47 Å². The fourth-order valence-electron chi connectivity index (χ4n) is 2.26. The van der Waals surface area contributed by atoms with Gasteiger partial charge in [-0.25, -0.2) is 4.39 Å². The molecule has 0 saturated heterocycles. The molecule has 2 aromatic carbocycles. The highest BCUT2D eigenvalue weighted by Gasteiger charge is 2.13. The molecule has 1 N–H and O–H groups in total. The molecular weight excluding hydrogens is 285 g/mol. The zero-order valence-corrected chi connectivity index (χ0v) is 12.2. The summed E-state index contributed by atoms with van der Waals surface area (Å²) in [6.45, 7) is 2.72. The molecule has 114 valence electrons. The van der Waals surface area contributed by atoms with Crippen molar-refractivity contribution in [2.24, 2.45) is 0 Å². The maximum Gasteiger partial charge on any atom is 0.228 e. The van der Waals surface area contributed by atoms with Crippen LogP contribution in [0.5, 0.6) is 11.5 Å². The average molecular weight is 301 g/mol. The molecule has 0 fully saturated rings. The number of hydrogen-bond donors (Lipinski definition) is 1. The maximum atomic E-state index is 13.5. The summed E-state index contributed by atoms with van der Waals surface area (Å²) in [6, 6.07) is 10.0. The van der Waals surface area contributed by atoms with Gasteiger partial charge in [0.1, 0.15) is 19.0 Å². The fraction of sp³-hybridized carbons (Fsp3) is 0.235. The van der Waals surface area contributed by atoms with Crippen molar-refractivity contribution in [1.82, 2.24) is 0 Å². The van der Waals surface area contributed by atoms with Crippen LogP contribution in [0.2, 0.25) is 0 Å².